The minimum Gasteiger partial charge on any atom is -0.475 e. The first-order valence-electron chi connectivity index (χ1n) is 11.5. The number of nitrogens with one attached hydrogen (secondary N) is 2. The Morgan fingerprint density at radius 2 is 1.84 bits per heavy atom. The Morgan fingerprint density at radius 3 is 2.47 bits per heavy atom. The quantitative estimate of drug-likeness (QED) is 0.434. The van der Waals surface area contributed by atoms with Crippen LogP contribution in [0.3, 0.4) is 0 Å². The third kappa shape index (κ3) is 5.77. The van der Waals surface area contributed by atoms with E-state index in [4.69, 9.17) is 9.90 Å². The Kier molecular flexibility index (Phi) is 7.66. The molecule has 0 radical (unpaired) electrons. The first kappa shape index (κ1) is 27.0. The Hall–Kier alpha value is -4.01. The van der Waals surface area contributed by atoms with Crippen LogP contribution in [-0.4, -0.2) is 70.4 Å². The number of urea groups is 1. The zero-order valence-corrected chi connectivity index (χ0v) is 20.1. The van der Waals surface area contributed by atoms with Crippen molar-refractivity contribution in [1.82, 2.24) is 19.7 Å². The summed E-state index contributed by atoms with van der Waals surface area (Å²) in [4.78, 5) is 34.4. The number of aryl methyl sites for hydroxylation is 1. The second-order valence-electron chi connectivity index (χ2n) is 8.60. The number of alkyl halides is 5. The number of carboxylic acid groups (broad SMARTS) is 1. The molecule has 3 N–H and O–H groups in total. The first-order chi connectivity index (χ1) is 18.0. The van der Waals surface area contributed by atoms with E-state index in [-0.39, 0.29) is 22.9 Å². The van der Waals surface area contributed by atoms with Crippen LogP contribution in [0.1, 0.15) is 23.2 Å². The summed E-state index contributed by atoms with van der Waals surface area (Å²) in [5, 5.41) is 13.2. The van der Waals surface area contributed by atoms with E-state index in [9.17, 15) is 26.7 Å². The minimum atomic E-state index is -5.08. The predicted molar refractivity (Wildman–Crippen MR) is 128 cm³/mol. The zero-order chi connectivity index (χ0) is 27.6. The standard InChI is InChI=1S/C21H23F2N7O.C2HF3O2/c1-13-11-29-12-14(10-16(18(22)23)20(29)26-13)27-21(31)30-7-3-15-17(2-4-25-19(15)30)28-8-5-24-6-9-28;3-2(4,5)1(6)7/h2,4,10-12,18,24H,3,5-9H2,1H3,(H,27,31);(H,6,7). The summed E-state index contributed by atoms with van der Waals surface area (Å²) in [7, 11) is 0. The number of halogens is 5. The van der Waals surface area contributed by atoms with Crippen LogP contribution >= 0.6 is 0 Å². The normalized spacial score (nSPS) is 15.3. The van der Waals surface area contributed by atoms with Crippen LogP contribution in [0.2, 0.25) is 0 Å². The van der Waals surface area contributed by atoms with E-state index in [0.29, 0.717) is 24.5 Å². The number of rotatable bonds is 3. The highest BCUT2D eigenvalue weighted by molar-refractivity contribution is 6.03. The SMILES string of the molecule is Cc1cn2cc(NC(=O)N3CCc4c(N5CCNCC5)ccnc43)cc(C(F)F)c2n1.O=C(O)C(F)(F)F. The maximum atomic E-state index is 13.5. The average Bonchev–Trinajstić information content (AvgIpc) is 3.46. The van der Waals surface area contributed by atoms with Crippen LogP contribution < -0.4 is 20.4 Å². The molecule has 0 atom stereocenters. The number of carboxylic acids is 1. The molecule has 38 heavy (non-hydrogen) atoms. The monoisotopic (exact) mass is 541 g/mol. The molecule has 5 heterocycles. The third-order valence-electron chi connectivity index (χ3n) is 5.98. The van der Waals surface area contributed by atoms with Crippen LogP contribution in [0.25, 0.3) is 5.65 Å². The van der Waals surface area contributed by atoms with E-state index in [2.05, 4.69) is 25.5 Å². The topological polar surface area (TPSA) is 115 Å². The molecular formula is C23H24F5N7O3. The number of pyridine rings is 2. The van der Waals surface area contributed by atoms with Gasteiger partial charge in [-0.05, 0) is 25.5 Å². The fourth-order valence-electron chi connectivity index (χ4n) is 4.34. The fourth-order valence-corrected chi connectivity index (χ4v) is 4.34. The van der Waals surface area contributed by atoms with Crippen molar-refractivity contribution in [2.24, 2.45) is 0 Å². The van der Waals surface area contributed by atoms with Gasteiger partial charge in [0.2, 0.25) is 0 Å². The molecule has 1 fully saturated rings. The van der Waals surface area contributed by atoms with Gasteiger partial charge in [0.1, 0.15) is 11.5 Å². The van der Waals surface area contributed by atoms with Crippen LogP contribution in [0.15, 0.2) is 30.7 Å². The summed E-state index contributed by atoms with van der Waals surface area (Å²) < 4.78 is 60.3. The maximum Gasteiger partial charge on any atom is 0.490 e. The lowest BCUT2D eigenvalue weighted by atomic mass is 10.1. The molecule has 5 rings (SSSR count). The van der Waals surface area contributed by atoms with Crippen molar-refractivity contribution in [2.75, 3.05) is 47.8 Å². The van der Waals surface area contributed by atoms with E-state index >= 15 is 0 Å². The molecule has 0 aromatic carbocycles. The third-order valence-corrected chi connectivity index (χ3v) is 5.98. The zero-order valence-electron chi connectivity index (χ0n) is 20.1. The van der Waals surface area contributed by atoms with Crippen molar-refractivity contribution in [3.63, 3.8) is 0 Å². The van der Waals surface area contributed by atoms with Crippen molar-refractivity contribution in [2.45, 2.75) is 25.9 Å². The number of piperazine rings is 1. The smallest absolute Gasteiger partial charge is 0.475 e. The number of carbonyl (C=O) groups excluding carboxylic acids is 1. The summed E-state index contributed by atoms with van der Waals surface area (Å²) in [5.41, 5.74) is 3.05. The molecule has 3 aromatic rings. The molecule has 3 aromatic heterocycles. The van der Waals surface area contributed by atoms with Crippen LogP contribution in [0, 0.1) is 6.92 Å². The summed E-state index contributed by atoms with van der Waals surface area (Å²) in [6, 6.07) is 2.89. The Bertz CT molecular complexity index is 1340. The van der Waals surface area contributed by atoms with Gasteiger partial charge in [0.25, 0.3) is 6.43 Å². The molecule has 2 aliphatic rings. The summed E-state index contributed by atoms with van der Waals surface area (Å²) in [6.07, 6.45) is -2.10. The van der Waals surface area contributed by atoms with Crippen molar-refractivity contribution in [3.8, 4) is 0 Å². The van der Waals surface area contributed by atoms with Gasteiger partial charge in [-0.15, -0.1) is 0 Å². The second-order valence-corrected chi connectivity index (χ2v) is 8.60. The highest BCUT2D eigenvalue weighted by atomic mass is 19.4. The lowest BCUT2D eigenvalue weighted by molar-refractivity contribution is -0.192. The van der Waals surface area contributed by atoms with Crippen molar-refractivity contribution in [1.29, 1.82) is 0 Å². The highest BCUT2D eigenvalue weighted by Crippen LogP contribution is 2.34. The van der Waals surface area contributed by atoms with Gasteiger partial charge < -0.3 is 25.0 Å². The number of anilines is 3. The molecule has 1 saturated heterocycles. The van der Waals surface area contributed by atoms with E-state index in [1.54, 1.807) is 30.4 Å². The molecular weight excluding hydrogens is 517 g/mol. The highest BCUT2D eigenvalue weighted by Gasteiger charge is 2.38. The number of imidazole rings is 1. The number of aromatic nitrogens is 3. The molecule has 204 valence electrons. The number of nitrogens with zero attached hydrogens (tertiary/aromatic N) is 5. The Morgan fingerprint density at radius 1 is 1.16 bits per heavy atom. The van der Waals surface area contributed by atoms with Crippen LogP contribution in [0.4, 0.5) is 43.9 Å². The number of fused-ring (bicyclic) bond motifs is 2. The lowest BCUT2D eigenvalue weighted by Crippen LogP contribution is -2.43. The minimum absolute atomic E-state index is 0.194. The molecule has 0 saturated carbocycles. The maximum absolute atomic E-state index is 13.5. The lowest BCUT2D eigenvalue weighted by Gasteiger charge is -2.31. The molecule has 0 bridgehead atoms. The molecule has 2 amide bonds. The summed E-state index contributed by atoms with van der Waals surface area (Å²) >= 11 is 0. The van der Waals surface area contributed by atoms with Crippen LogP contribution in [0.5, 0.6) is 0 Å². The van der Waals surface area contributed by atoms with Crippen molar-refractivity contribution < 1.29 is 36.6 Å². The van der Waals surface area contributed by atoms with Gasteiger partial charge in [-0.3, -0.25) is 4.90 Å². The first-order valence-corrected chi connectivity index (χ1v) is 11.5. The van der Waals surface area contributed by atoms with Gasteiger partial charge in [-0.1, -0.05) is 0 Å². The van der Waals surface area contributed by atoms with E-state index in [0.717, 1.165) is 37.4 Å². The van der Waals surface area contributed by atoms with Gasteiger partial charge in [0.15, 0.2) is 0 Å². The summed E-state index contributed by atoms with van der Waals surface area (Å²) in [6.45, 7) is 5.88. The molecule has 0 aliphatic carbocycles. The largest absolute Gasteiger partial charge is 0.490 e. The van der Waals surface area contributed by atoms with Gasteiger partial charge in [-0.2, -0.15) is 13.2 Å². The second kappa shape index (κ2) is 10.8. The van der Waals surface area contributed by atoms with Crippen molar-refractivity contribution in [3.05, 3.63) is 47.5 Å². The molecule has 0 unspecified atom stereocenters. The molecule has 10 nitrogen and oxygen atoms in total. The Labute approximate surface area is 213 Å². The van der Waals surface area contributed by atoms with E-state index < -0.39 is 18.6 Å². The molecule has 2 aliphatic heterocycles. The fraction of sp³-hybridized carbons (Fsp3) is 0.391. The van der Waals surface area contributed by atoms with E-state index in [1.807, 2.05) is 6.07 Å². The van der Waals surface area contributed by atoms with Gasteiger partial charge in [0.05, 0.1) is 16.9 Å². The van der Waals surface area contributed by atoms with Crippen molar-refractivity contribution >= 4 is 34.8 Å². The van der Waals surface area contributed by atoms with Crippen LogP contribution in [-0.2, 0) is 11.2 Å². The number of carbonyl (C=O) groups is 2. The number of aliphatic carboxylic acids is 1. The number of hydrogen-bond acceptors (Lipinski definition) is 6. The molecule has 15 heteroatoms. The van der Waals surface area contributed by atoms with Gasteiger partial charge in [-0.25, -0.2) is 28.3 Å². The van der Waals surface area contributed by atoms with E-state index in [1.165, 1.54) is 10.5 Å². The van der Waals surface area contributed by atoms with Gasteiger partial charge in [0, 0.05) is 62.6 Å². The number of hydrogen-bond donors (Lipinski definition) is 3. The predicted octanol–water partition coefficient (Wildman–Crippen LogP) is 3.61. The number of amides is 2. The van der Waals surface area contributed by atoms with Gasteiger partial charge >= 0.3 is 18.2 Å². The Balaban J connectivity index is 0.000000426. The summed E-state index contributed by atoms with van der Waals surface area (Å²) in [5.74, 6) is -2.13. The molecule has 0 spiro atoms. The average molecular weight is 541 g/mol.